The van der Waals surface area contributed by atoms with Gasteiger partial charge in [0.15, 0.2) is 18.2 Å². The van der Waals surface area contributed by atoms with Crippen molar-refractivity contribution in [2.75, 3.05) is 13.5 Å². The first-order valence-electron chi connectivity index (χ1n) is 4.34. The van der Waals surface area contributed by atoms with E-state index >= 15 is 0 Å². The Morgan fingerprint density at radius 3 is 3.27 bits per heavy atom. The minimum Gasteiger partial charge on any atom is -0.371 e. The molecule has 0 radical (unpaired) electrons. The first-order valence-corrected chi connectivity index (χ1v) is 4.34. The average Bonchev–Trinajstić information content (AvgIpc) is 2.58. The Morgan fingerprint density at radius 1 is 1.73 bits per heavy atom. The maximum atomic E-state index is 11.4. The van der Waals surface area contributed by atoms with Crippen molar-refractivity contribution in [1.82, 2.24) is 10.2 Å². The summed E-state index contributed by atoms with van der Waals surface area (Å²) >= 11 is 0. The van der Waals surface area contributed by atoms with Crippen LogP contribution in [0.15, 0.2) is 9.98 Å². The van der Waals surface area contributed by atoms with Gasteiger partial charge in [-0.3, -0.25) is 15.1 Å². The van der Waals surface area contributed by atoms with Crippen molar-refractivity contribution >= 4 is 18.2 Å². The Hall–Kier alpha value is -1.67. The molecule has 0 aromatic heterocycles. The Kier molecular flexibility index (Phi) is 2.52. The number of rotatable bonds is 3. The van der Waals surface area contributed by atoms with Gasteiger partial charge < -0.3 is 20.5 Å². The second-order valence-electron chi connectivity index (χ2n) is 3.10. The van der Waals surface area contributed by atoms with Gasteiger partial charge in [-0.05, 0) is 0 Å². The number of nitrogens with zero attached hydrogens (tertiary/aromatic N) is 3. The van der Waals surface area contributed by atoms with Crippen LogP contribution < -0.4 is 11.1 Å². The van der Waals surface area contributed by atoms with E-state index in [4.69, 9.17) is 15.6 Å². The van der Waals surface area contributed by atoms with E-state index in [0.29, 0.717) is 0 Å². The molecular formula is C7H11N5O3. The monoisotopic (exact) mass is 213 g/mol. The molecule has 0 saturated heterocycles. The topological polar surface area (TPSA) is 113 Å². The smallest absolute Gasteiger partial charge is 0.255 e. The Morgan fingerprint density at radius 2 is 2.53 bits per heavy atom. The van der Waals surface area contributed by atoms with Gasteiger partial charge in [-0.1, -0.05) is 0 Å². The van der Waals surface area contributed by atoms with E-state index in [1.54, 1.807) is 4.90 Å². The van der Waals surface area contributed by atoms with Crippen molar-refractivity contribution < 1.29 is 14.6 Å². The van der Waals surface area contributed by atoms with Crippen molar-refractivity contribution in [2.24, 2.45) is 15.7 Å². The van der Waals surface area contributed by atoms with Gasteiger partial charge in [0.1, 0.15) is 13.5 Å². The van der Waals surface area contributed by atoms with Crippen LogP contribution in [-0.4, -0.2) is 53.9 Å². The van der Waals surface area contributed by atoms with Crippen LogP contribution in [0.2, 0.25) is 0 Å². The fourth-order valence-corrected chi connectivity index (χ4v) is 1.46. The Labute approximate surface area is 85.4 Å². The molecule has 8 heteroatoms. The first kappa shape index (κ1) is 9.87. The third kappa shape index (κ3) is 1.76. The van der Waals surface area contributed by atoms with E-state index in [1.807, 2.05) is 0 Å². The summed E-state index contributed by atoms with van der Waals surface area (Å²) in [6.07, 6.45) is 0.998. The molecule has 4 N–H and O–H groups in total. The van der Waals surface area contributed by atoms with E-state index < -0.39 is 19.0 Å². The Bertz CT molecular complexity index is 329. The molecule has 2 aliphatic rings. The maximum absolute atomic E-state index is 11.4. The zero-order valence-electron chi connectivity index (χ0n) is 7.83. The highest BCUT2D eigenvalue weighted by molar-refractivity contribution is 6.02. The normalized spacial score (nSPS) is 28.7. The number of fused-ring (bicyclic) bond motifs is 1. The molecule has 0 spiro atoms. The summed E-state index contributed by atoms with van der Waals surface area (Å²) in [6, 6.07) is -0.584. The molecule has 0 bridgehead atoms. The third-order valence-electron chi connectivity index (χ3n) is 2.12. The van der Waals surface area contributed by atoms with Gasteiger partial charge >= 0.3 is 0 Å². The summed E-state index contributed by atoms with van der Waals surface area (Å²) in [7, 11) is 0. The second-order valence-corrected chi connectivity index (χ2v) is 3.10. The van der Waals surface area contributed by atoms with Gasteiger partial charge in [0, 0.05) is 0 Å². The summed E-state index contributed by atoms with van der Waals surface area (Å²) in [5.74, 6) is -0.212. The fourth-order valence-electron chi connectivity index (χ4n) is 1.46. The van der Waals surface area contributed by atoms with Gasteiger partial charge in [0.05, 0.1) is 6.34 Å². The number of carbonyl (C=O) groups excluding carboxylic acids is 1. The van der Waals surface area contributed by atoms with Gasteiger partial charge in [0.2, 0.25) is 0 Å². The fraction of sp³-hybridized carbons (Fsp3) is 0.571. The van der Waals surface area contributed by atoms with Gasteiger partial charge in [-0.25, -0.2) is 4.99 Å². The summed E-state index contributed by atoms with van der Waals surface area (Å²) in [6.45, 7) is -0.279. The van der Waals surface area contributed by atoms with Crippen molar-refractivity contribution in [3.05, 3.63) is 0 Å². The zero-order chi connectivity index (χ0) is 10.8. The number of nitrogens with one attached hydrogen (secondary N) is 1. The largest absolute Gasteiger partial charge is 0.371 e. The van der Waals surface area contributed by atoms with Crippen LogP contribution in [0.4, 0.5) is 0 Å². The quantitative estimate of drug-likeness (QED) is 0.445. The summed E-state index contributed by atoms with van der Waals surface area (Å²) < 4.78 is 4.79. The van der Waals surface area contributed by atoms with Crippen LogP contribution in [0.25, 0.3) is 0 Å². The number of amides is 1. The predicted octanol–water partition coefficient (Wildman–Crippen LogP) is -2.61. The highest BCUT2D eigenvalue weighted by Gasteiger charge is 2.39. The van der Waals surface area contributed by atoms with Crippen molar-refractivity contribution in [3.8, 4) is 0 Å². The van der Waals surface area contributed by atoms with E-state index in [2.05, 4.69) is 15.3 Å². The van der Waals surface area contributed by atoms with E-state index in [0.717, 1.165) is 0 Å². The summed E-state index contributed by atoms with van der Waals surface area (Å²) in [5, 5.41) is 10.9. The lowest BCUT2D eigenvalue weighted by Crippen LogP contribution is -2.54. The molecule has 0 aromatic carbocycles. The minimum absolute atomic E-state index is 0.0701. The lowest BCUT2D eigenvalue weighted by atomic mass is 10.2. The molecule has 82 valence electrons. The maximum Gasteiger partial charge on any atom is 0.255 e. The molecule has 0 aromatic rings. The number of hydrogen-bond donors (Lipinski definition) is 3. The highest BCUT2D eigenvalue weighted by atomic mass is 16.6. The average molecular weight is 213 g/mol. The molecule has 2 unspecified atom stereocenters. The van der Waals surface area contributed by atoms with Gasteiger partial charge in [-0.2, -0.15) is 0 Å². The first-order chi connectivity index (χ1) is 7.22. The zero-order valence-corrected chi connectivity index (χ0v) is 7.83. The molecule has 2 heterocycles. The molecule has 0 fully saturated rings. The molecular weight excluding hydrogens is 202 g/mol. The highest BCUT2D eigenvalue weighted by Crippen LogP contribution is 2.17. The van der Waals surface area contributed by atoms with Crippen LogP contribution >= 0.6 is 0 Å². The van der Waals surface area contributed by atoms with Crippen LogP contribution in [-0.2, 0) is 9.53 Å². The standard InChI is InChI=1S/C7H11N5O3/c8-7-10-5-4(6(14)11-7)9-1-12(5)2-15-3-13/h1,4-5,13H,2-3H2,(H3,8,10,11,14). The lowest BCUT2D eigenvalue weighted by molar-refractivity contribution is -0.122. The van der Waals surface area contributed by atoms with Crippen LogP contribution in [0.3, 0.4) is 0 Å². The van der Waals surface area contributed by atoms with Crippen LogP contribution in [0.1, 0.15) is 0 Å². The number of ether oxygens (including phenoxy) is 1. The molecule has 15 heavy (non-hydrogen) atoms. The van der Waals surface area contributed by atoms with Crippen LogP contribution in [0, 0.1) is 0 Å². The summed E-state index contributed by atoms with van der Waals surface area (Å²) in [5.41, 5.74) is 5.42. The van der Waals surface area contributed by atoms with Crippen molar-refractivity contribution in [2.45, 2.75) is 12.2 Å². The summed E-state index contributed by atoms with van der Waals surface area (Å²) in [4.78, 5) is 21.0. The number of guanidine groups is 1. The molecule has 2 atom stereocenters. The Balaban J connectivity index is 2.09. The lowest BCUT2D eigenvalue weighted by Gasteiger charge is -2.26. The molecule has 2 rings (SSSR count). The third-order valence-corrected chi connectivity index (χ3v) is 2.12. The van der Waals surface area contributed by atoms with E-state index in [-0.39, 0.29) is 18.6 Å². The number of aliphatic hydroxyl groups excluding tert-OH is 1. The number of aliphatic hydroxyl groups is 1. The van der Waals surface area contributed by atoms with Gasteiger partial charge in [-0.15, -0.1) is 0 Å². The molecule has 2 aliphatic heterocycles. The van der Waals surface area contributed by atoms with E-state index in [1.165, 1.54) is 6.34 Å². The van der Waals surface area contributed by atoms with Crippen molar-refractivity contribution in [1.29, 1.82) is 0 Å². The molecule has 0 aliphatic carbocycles. The number of nitrogens with two attached hydrogens (primary N) is 1. The molecule has 1 amide bonds. The number of aliphatic imine (C=N–C) groups is 2. The second kappa shape index (κ2) is 3.83. The molecule has 0 saturated carbocycles. The van der Waals surface area contributed by atoms with Crippen molar-refractivity contribution in [3.63, 3.8) is 0 Å². The van der Waals surface area contributed by atoms with E-state index in [9.17, 15) is 4.79 Å². The SMILES string of the molecule is NC1=NC2C(N=CN2COCO)C(=O)N1. The number of carbonyl (C=O) groups is 1. The predicted molar refractivity (Wildman–Crippen MR) is 50.7 cm³/mol. The van der Waals surface area contributed by atoms with Crippen LogP contribution in [0.5, 0.6) is 0 Å². The van der Waals surface area contributed by atoms with Gasteiger partial charge in [0.25, 0.3) is 5.91 Å². The molecule has 8 nitrogen and oxygen atoms in total. The number of hydrogen-bond acceptors (Lipinski definition) is 7. The minimum atomic E-state index is -0.584.